The van der Waals surface area contributed by atoms with Gasteiger partial charge in [0.2, 0.25) is 0 Å². The fourth-order valence-corrected chi connectivity index (χ4v) is 6.79. The number of hydrogen-bond acceptors (Lipinski definition) is 8. The molecular formula is C41H48N4O6. The number of urea groups is 1. The normalized spacial score (nSPS) is 21.8. The van der Waals surface area contributed by atoms with Crippen LogP contribution in [0.15, 0.2) is 109 Å². The number of nitrogens with one attached hydrogen (secondary N) is 2. The molecule has 268 valence electrons. The first-order valence-corrected chi connectivity index (χ1v) is 17.7. The molecule has 2 heterocycles. The molecule has 5 unspecified atom stereocenters. The zero-order chi connectivity index (χ0) is 35.6. The van der Waals surface area contributed by atoms with Crippen molar-refractivity contribution in [2.45, 2.75) is 51.0 Å². The lowest BCUT2D eigenvalue weighted by atomic mass is 9.90. The minimum atomic E-state index is -0.838. The van der Waals surface area contributed by atoms with Gasteiger partial charge in [-0.3, -0.25) is 9.80 Å². The first kappa shape index (κ1) is 36.2. The summed E-state index contributed by atoms with van der Waals surface area (Å²) in [6, 6.07) is 34.0. The molecule has 0 spiro atoms. The van der Waals surface area contributed by atoms with Gasteiger partial charge in [-0.05, 0) is 34.4 Å². The van der Waals surface area contributed by atoms with Crippen LogP contribution in [0.1, 0.15) is 47.1 Å². The molecule has 2 aliphatic rings. The Morgan fingerprint density at radius 2 is 1.39 bits per heavy atom. The van der Waals surface area contributed by atoms with Crippen molar-refractivity contribution in [1.82, 2.24) is 15.1 Å². The number of methoxy groups -OCH3 is 1. The molecule has 10 nitrogen and oxygen atoms in total. The van der Waals surface area contributed by atoms with Crippen molar-refractivity contribution in [3.63, 3.8) is 0 Å². The molecule has 2 fully saturated rings. The summed E-state index contributed by atoms with van der Waals surface area (Å²) in [5.74, 6) is -0.443. The summed E-state index contributed by atoms with van der Waals surface area (Å²) in [6.45, 7) is 7.83. The summed E-state index contributed by atoms with van der Waals surface area (Å²) in [5.41, 5.74) is 5.52. The number of benzene rings is 4. The number of hydrogen-bond donors (Lipinski definition) is 3. The molecule has 5 atom stereocenters. The monoisotopic (exact) mass is 692 g/mol. The number of aliphatic hydroxyl groups is 1. The number of aliphatic hydroxyl groups excluding tert-OH is 1. The van der Waals surface area contributed by atoms with E-state index in [1.807, 2.05) is 66.7 Å². The molecule has 10 heteroatoms. The van der Waals surface area contributed by atoms with Gasteiger partial charge in [-0.15, -0.1) is 0 Å². The molecular weight excluding hydrogens is 644 g/mol. The van der Waals surface area contributed by atoms with Crippen molar-refractivity contribution in [1.29, 1.82) is 0 Å². The Morgan fingerprint density at radius 3 is 2.02 bits per heavy atom. The number of carbonyl (C=O) groups excluding carboxylic acids is 2. The van der Waals surface area contributed by atoms with Gasteiger partial charge < -0.3 is 30.0 Å². The molecule has 2 saturated heterocycles. The third-order valence-electron chi connectivity index (χ3n) is 9.79. The van der Waals surface area contributed by atoms with Crippen LogP contribution in [0, 0.1) is 5.92 Å². The van der Waals surface area contributed by atoms with Gasteiger partial charge in [-0.2, -0.15) is 0 Å². The largest absolute Gasteiger partial charge is 0.467 e. The molecule has 0 aliphatic carbocycles. The summed E-state index contributed by atoms with van der Waals surface area (Å²) in [5, 5.41) is 15.2. The highest BCUT2D eigenvalue weighted by atomic mass is 16.7. The van der Waals surface area contributed by atoms with Crippen LogP contribution >= 0.6 is 0 Å². The zero-order valence-corrected chi connectivity index (χ0v) is 29.3. The fraction of sp³-hybridized carbons (Fsp3) is 0.366. The first-order valence-electron chi connectivity index (χ1n) is 17.7. The topological polar surface area (TPSA) is 113 Å². The van der Waals surface area contributed by atoms with Crippen molar-refractivity contribution in [2.75, 3.05) is 45.2 Å². The Morgan fingerprint density at radius 1 is 0.784 bits per heavy atom. The lowest BCUT2D eigenvalue weighted by Gasteiger charge is -2.44. The van der Waals surface area contributed by atoms with E-state index in [1.165, 1.54) is 12.7 Å². The van der Waals surface area contributed by atoms with Gasteiger partial charge >= 0.3 is 12.0 Å². The van der Waals surface area contributed by atoms with Crippen LogP contribution in [0.4, 0.5) is 10.5 Å². The Labute approximate surface area is 300 Å². The third kappa shape index (κ3) is 9.81. The van der Waals surface area contributed by atoms with E-state index in [4.69, 9.17) is 14.2 Å². The van der Waals surface area contributed by atoms with Gasteiger partial charge in [0.1, 0.15) is 6.04 Å². The Balaban J connectivity index is 1.11. The van der Waals surface area contributed by atoms with E-state index in [0.717, 1.165) is 61.5 Å². The van der Waals surface area contributed by atoms with E-state index in [0.29, 0.717) is 12.1 Å². The Kier molecular flexibility index (Phi) is 12.5. The van der Waals surface area contributed by atoms with E-state index in [2.05, 4.69) is 57.7 Å². The highest BCUT2D eigenvalue weighted by molar-refractivity contribution is 5.92. The number of ether oxygens (including phenoxy) is 3. The second-order valence-electron chi connectivity index (χ2n) is 13.4. The average Bonchev–Trinajstić information content (AvgIpc) is 3.17. The summed E-state index contributed by atoms with van der Waals surface area (Å²) < 4.78 is 18.3. The molecule has 51 heavy (non-hydrogen) atoms. The van der Waals surface area contributed by atoms with Gasteiger partial charge in [-0.25, -0.2) is 9.59 Å². The van der Waals surface area contributed by atoms with E-state index >= 15 is 0 Å². The van der Waals surface area contributed by atoms with Crippen molar-refractivity contribution >= 4 is 17.7 Å². The number of anilines is 1. The second kappa shape index (κ2) is 17.6. The Hall–Kier alpha value is -4.58. The van der Waals surface area contributed by atoms with Gasteiger partial charge in [0.25, 0.3) is 0 Å². The van der Waals surface area contributed by atoms with Crippen LogP contribution in [0.5, 0.6) is 0 Å². The summed E-state index contributed by atoms with van der Waals surface area (Å²) in [4.78, 5) is 30.4. The molecule has 4 aromatic carbocycles. The number of nitrogens with zero attached hydrogens (tertiary/aromatic N) is 2. The molecule has 0 radical (unpaired) electrons. The number of esters is 1. The van der Waals surface area contributed by atoms with Gasteiger partial charge in [0.05, 0.1) is 25.9 Å². The predicted octanol–water partition coefficient (Wildman–Crippen LogP) is 5.69. The van der Waals surface area contributed by atoms with Crippen LogP contribution in [0.3, 0.4) is 0 Å². The molecule has 2 amide bonds. The van der Waals surface area contributed by atoms with Gasteiger partial charge in [0, 0.05) is 62.9 Å². The van der Waals surface area contributed by atoms with E-state index in [-0.39, 0.29) is 24.7 Å². The van der Waals surface area contributed by atoms with Crippen LogP contribution in [0.2, 0.25) is 0 Å². The lowest BCUT2D eigenvalue weighted by molar-refractivity contribution is -0.276. The van der Waals surface area contributed by atoms with Crippen molar-refractivity contribution < 1.29 is 28.9 Å². The summed E-state index contributed by atoms with van der Waals surface area (Å²) >= 11 is 0. The van der Waals surface area contributed by atoms with Crippen LogP contribution in [-0.2, 0) is 38.6 Å². The van der Waals surface area contributed by atoms with Gasteiger partial charge in [-0.1, -0.05) is 104 Å². The van der Waals surface area contributed by atoms with Gasteiger partial charge in [0.15, 0.2) is 6.29 Å². The molecule has 2 aliphatic heterocycles. The molecule has 0 saturated carbocycles. The molecule has 3 N–H and O–H groups in total. The van der Waals surface area contributed by atoms with Crippen molar-refractivity contribution in [3.05, 3.63) is 137 Å². The van der Waals surface area contributed by atoms with Crippen molar-refractivity contribution in [3.8, 4) is 0 Å². The maximum Gasteiger partial charge on any atom is 0.328 e. The highest BCUT2D eigenvalue weighted by Gasteiger charge is 2.39. The second-order valence-corrected chi connectivity index (χ2v) is 13.4. The Bertz CT molecular complexity index is 1680. The predicted molar refractivity (Wildman–Crippen MR) is 196 cm³/mol. The molecule has 0 bridgehead atoms. The lowest BCUT2D eigenvalue weighted by Crippen LogP contribution is -2.51. The number of rotatable bonds is 12. The van der Waals surface area contributed by atoms with E-state index < -0.39 is 24.3 Å². The standard InChI is InChI=1S/C41H48N4O6/c1-29-37(27-45-23-21-44(22-24-45)26-31-11-7-4-8-12-31)50-40(51-38(29)33-15-13-32(28-46)14-16-33)34-17-19-35(20-18-34)42-41(48)43-36(39(47)49-2)25-30-9-5-3-6-10-30/h3-20,29,36-38,40,46H,21-28H2,1-2H3,(H2,42,43,48). The summed E-state index contributed by atoms with van der Waals surface area (Å²) in [6.07, 6.45) is -0.617. The van der Waals surface area contributed by atoms with Crippen LogP contribution < -0.4 is 10.6 Å². The number of piperazine rings is 1. The quantitative estimate of drug-likeness (QED) is 0.162. The SMILES string of the molecule is COC(=O)C(Cc1ccccc1)NC(=O)Nc1ccc(C2OC(CN3CCN(Cc4ccccc4)CC3)C(C)C(c3ccc(CO)cc3)O2)cc1. The van der Waals surface area contributed by atoms with E-state index in [9.17, 15) is 14.7 Å². The summed E-state index contributed by atoms with van der Waals surface area (Å²) in [7, 11) is 1.31. The molecule has 6 rings (SSSR count). The number of amides is 2. The van der Waals surface area contributed by atoms with E-state index in [1.54, 1.807) is 12.1 Å². The number of carbonyl (C=O) groups is 2. The zero-order valence-electron chi connectivity index (χ0n) is 29.3. The maximum atomic E-state index is 12.9. The molecule has 0 aromatic heterocycles. The minimum Gasteiger partial charge on any atom is -0.467 e. The first-order chi connectivity index (χ1) is 24.9. The fourth-order valence-electron chi connectivity index (χ4n) is 6.79. The minimum absolute atomic E-state index is 0.0131. The third-order valence-corrected chi connectivity index (χ3v) is 9.79. The van der Waals surface area contributed by atoms with Crippen molar-refractivity contribution in [2.24, 2.45) is 5.92 Å². The smallest absolute Gasteiger partial charge is 0.328 e. The molecule has 4 aromatic rings. The van der Waals surface area contributed by atoms with Crippen LogP contribution in [-0.4, -0.2) is 78.9 Å². The van der Waals surface area contributed by atoms with Crippen LogP contribution in [0.25, 0.3) is 0 Å². The highest BCUT2D eigenvalue weighted by Crippen LogP contribution is 2.42. The maximum absolute atomic E-state index is 12.9. The average molecular weight is 693 g/mol.